The molecule has 0 fully saturated rings. The second kappa shape index (κ2) is 8.43. The van der Waals surface area contributed by atoms with Crippen molar-refractivity contribution >= 4 is 23.0 Å². The molecule has 0 spiro atoms. The van der Waals surface area contributed by atoms with Gasteiger partial charge in [0.15, 0.2) is 0 Å². The second-order valence-electron chi connectivity index (χ2n) is 6.32. The van der Waals surface area contributed by atoms with Crippen molar-refractivity contribution in [3.05, 3.63) is 71.5 Å². The summed E-state index contributed by atoms with van der Waals surface area (Å²) in [6.45, 7) is 4.12. The molecule has 28 heavy (non-hydrogen) atoms. The van der Waals surface area contributed by atoms with Gasteiger partial charge >= 0.3 is 0 Å². The number of hydrogen-bond acceptors (Lipinski definition) is 5. The van der Waals surface area contributed by atoms with E-state index in [9.17, 15) is 4.79 Å². The van der Waals surface area contributed by atoms with Crippen LogP contribution < -0.4 is 20.1 Å². The molecule has 3 rings (SSSR count). The summed E-state index contributed by atoms with van der Waals surface area (Å²) in [5.41, 5.74) is 4.94. The number of rotatable bonds is 6. The summed E-state index contributed by atoms with van der Waals surface area (Å²) in [7, 11) is 3.11. The first kappa shape index (κ1) is 19.2. The molecule has 0 saturated heterocycles. The van der Waals surface area contributed by atoms with Gasteiger partial charge in [0.1, 0.15) is 17.2 Å². The number of pyridine rings is 1. The lowest BCUT2D eigenvalue weighted by Crippen LogP contribution is -2.14. The van der Waals surface area contributed by atoms with Crippen LogP contribution in [-0.2, 0) is 0 Å². The van der Waals surface area contributed by atoms with E-state index in [-0.39, 0.29) is 5.91 Å². The Balaban J connectivity index is 1.82. The Bertz CT molecular complexity index is 1000. The normalized spacial score (nSPS) is 10.3. The zero-order valence-corrected chi connectivity index (χ0v) is 16.4. The van der Waals surface area contributed by atoms with Crippen LogP contribution in [0.25, 0.3) is 0 Å². The average molecular weight is 377 g/mol. The van der Waals surface area contributed by atoms with E-state index in [4.69, 9.17) is 9.47 Å². The summed E-state index contributed by atoms with van der Waals surface area (Å²) in [6.07, 6.45) is 1.60. The SMILES string of the molecule is COc1ccc(OC)c(NC(=O)c2cc(Nc3cccc(C)c3C)ccn2)c1. The molecule has 0 radical (unpaired) electrons. The number of amides is 1. The molecule has 1 heterocycles. The van der Waals surface area contributed by atoms with E-state index < -0.39 is 0 Å². The number of nitrogens with zero attached hydrogens (tertiary/aromatic N) is 1. The lowest BCUT2D eigenvalue weighted by molar-refractivity contribution is 0.102. The zero-order chi connectivity index (χ0) is 20.1. The van der Waals surface area contributed by atoms with Gasteiger partial charge in [-0.05, 0) is 55.3 Å². The topological polar surface area (TPSA) is 72.5 Å². The number of benzene rings is 2. The molecule has 1 amide bonds. The van der Waals surface area contributed by atoms with Crippen LogP contribution in [0.15, 0.2) is 54.7 Å². The van der Waals surface area contributed by atoms with Crippen LogP contribution in [-0.4, -0.2) is 25.1 Å². The van der Waals surface area contributed by atoms with E-state index in [1.54, 1.807) is 44.7 Å². The molecule has 6 heteroatoms. The fourth-order valence-corrected chi connectivity index (χ4v) is 2.77. The standard InChI is InChI=1S/C22H23N3O3/c1-14-6-5-7-18(15(14)2)24-16-10-11-23-20(12-16)22(26)25-19-13-17(27-3)8-9-21(19)28-4/h5-13H,1-4H3,(H,23,24)(H,25,26). The van der Waals surface area contributed by atoms with E-state index >= 15 is 0 Å². The fraction of sp³-hybridized carbons (Fsp3) is 0.182. The van der Waals surface area contributed by atoms with Gasteiger partial charge in [-0.25, -0.2) is 0 Å². The summed E-state index contributed by atoms with van der Waals surface area (Å²) >= 11 is 0. The molecule has 6 nitrogen and oxygen atoms in total. The molecule has 0 aliphatic rings. The number of ether oxygens (including phenoxy) is 2. The number of anilines is 3. The van der Waals surface area contributed by atoms with E-state index in [1.807, 2.05) is 18.2 Å². The van der Waals surface area contributed by atoms with Crippen molar-refractivity contribution in [1.29, 1.82) is 0 Å². The van der Waals surface area contributed by atoms with Gasteiger partial charge in [0, 0.05) is 23.6 Å². The Morgan fingerprint density at radius 3 is 2.54 bits per heavy atom. The van der Waals surface area contributed by atoms with Crippen molar-refractivity contribution < 1.29 is 14.3 Å². The van der Waals surface area contributed by atoms with Crippen molar-refractivity contribution in [3.63, 3.8) is 0 Å². The molecule has 144 valence electrons. The van der Waals surface area contributed by atoms with Crippen molar-refractivity contribution in [2.24, 2.45) is 0 Å². The third-order valence-electron chi connectivity index (χ3n) is 4.53. The van der Waals surface area contributed by atoms with Crippen molar-refractivity contribution in [2.75, 3.05) is 24.9 Å². The number of carbonyl (C=O) groups excluding carboxylic acids is 1. The minimum Gasteiger partial charge on any atom is -0.497 e. The van der Waals surface area contributed by atoms with E-state index in [0.717, 1.165) is 16.9 Å². The first-order chi connectivity index (χ1) is 13.5. The molecule has 1 aromatic heterocycles. The van der Waals surface area contributed by atoms with Crippen molar-refractivity contribution in [1.82, 2.24) is 4.98 Å². The smallest absolute Gasteiger partial charge is 0.274 e. The number of carbonyl (C=O) groups is 1. The van der Waals surface area contributed by atoms with Crippen LogP contribution in [0.4, 0.5) is 17.1 Å². The summed E-state index contributed by atoms with van der Waals surface area (Å²) < 4.78 is 10.5. The van der Waals surface area contributed by atoms with Gasteiger partial charge in [0.05, 0.1) is 19.9 Å². The summed E-state index contributed by atoms with van der Waals surface area (Å²) in [6, 6.07) is 14.8. The quantitative estimate of drug-likeness (QED) is 0.651. The molecule has 2 aromatic carbocycles. The Labute approximate surface area is 164 Å². The first-order valence-corrected chi connectivity index (χ1v) is 8.84. The highest BCUT2D eigenvalue weighted by Gasteiger charge is 2.13. The van der Waals surface area contributed by atoms with Gasteiger partial charge < -0.3 is 20.1 Å². The third-order valence-corrected chi connectivity index (χ3v) is 4.53. The predicted molar refractivity (Wildman–Crippen MR) is 111 cm³/mol. The van der Waals surface area contributed by atoms with Crippen molar-refractivity contribution in [3.8, 4) is 11.5 Å². The molecule has 3 aromatic rings. The maximum Gasteiger partial charge on any atom is 0.274 e. The van der Waals surface area contributed by atoms with Crippen LogP contribution in [0.3, 0.4) is 0 Å². The zero-order valence-electron chi connectivity index (χ0n) is 16.4. The van der Waals surface area contributed by atoms with E-state index in [1.165, 1.54) is 5.56 Å². The highest BCUT2D eigenvalue weighted by atomic mass is 16.5. The van der Waals surface area contributed by atoms with Gasteiger partial charge in [-0.1, -0.05) is 12.1 Å². The fourth-order valence-electron chi connectivity index (χ4n) is 2.77. The molecule has 0 saturated carbocycles. The third kappa shape index (κ3) is 4.23. The van der Waals surface area contributed by atoms with Gasteiger partial charge in [0.2, 0.25) is 0 Å². The molecular weight excluding hydrogens is 354 g/mol. The molecule has 0 atom stereocenters. The maximum atomic E-state index is 12.7. The van der Waals surface area contributed by atoms with Crippen LogP contribution in [0, 0.1) is 13.8 Å². The average Bonchev–Trinajstić information content (AvgIpc) is 2.71. The van der Waals surface area contributed by atoms with Gasteiger partial charge in [-0.3, -0.25) is 9.78 Å². The number of hydrogen-bond donors (Lipinski definition) is 2. The van der Waals surface area contributed by atoms with Crippen LogP contribution in [0.1, 0.15) is 21.6 Å². The summed E-state index contributed by atoms with van der Waals surface area (Å²) in [4.78, 5) is 16.9. The van der Waals surface area contributed by atoms with Gasteiger partial charge in [-0.15, -0.1) is 0 Å². The highest BCUT2D eigenvalue weighted by molar-refractivity contribution is 6.04. The Morgan fingerprint density at radius 2 is 1.79 bits per heavy atom. The Kier molecular flexibility index (Phi) is 5.79. The lowest BCUT2D eigenvalue weighted by Gasteiger charge is -2.13. The largest absolute Gasteiger partial charge is 0.497 e. The van der Waals surface area contributed by atoms with Crippen LogP contribution in [0.5, 0.6) is 11.5 Å². The molecule has 0 aliphatic carbocycles. The second-order valence-corrected chi connectivity index (χ2v) is 6.32. The molecule has 0 bridgehead atoms. The minimum absolute atomic E-state index is 0.292. The maximum absolute atomic E-state index is 12.7. The minimum atomic E-state index is -0.337. The van der Waals surface area contributed by atoms with Crippen LogP contribution >= 0.6 is 0 Å². The van der Waals surface area contributed by atoms with Gasteiger partial charge in [-0.2, -0.15) is 0 Å². The first-order valence-electron chi connectivity index (χ1n) is 8.84. The highest BCUT2D eigenvalue weighted by Crippen LogP contribution is 2.29. The molecule has 0 unspecified atom stereocenters. The Hall–Kier alpha value is -3.54. The monoisotopic (exact) mass is 377 g/mol. The molecule has 0 aliphatic heterocycles. The molecule has 2 N–H and O–H groups in total. The van der Waals surface area contributed by atoms with Crippen molar-refractivity contribution in [2.45, 2.75) is 13.8 Å². The Morgan fingerprint density at radius 1 is 0.964 bits per heavy atom. The number of methoxy groups -OCH3 is 2. The summed E-state index contributed by atoms with van der Waals surface area (Å²) in [5, 5.41) is 6.18. The number of nitrogens with one attached hydrogen (secondary N) is 2. The van der Waals surface area contributed by atoms with E-state index in [0.29, 0.717) is 22.9 Å². The number of aryl methyl sites for hydroxylation is 1. The summed E-state index contributed by atoms with van der Waals surface area (Å²) in [5.74, 6) is 0.824. The van der Waals surface area contributed by atoms with E-state index in [2.05, 4.69) is 35.5 Å². The predicted octanol–water partition coefficient (Wildman–Crippen LogP) is 4.71. The van der Waals surface area contributed by atoms with Crippen LogP contribution in [0.2, 0.25) is 0 Å². The van der Waals surface area contributed by atoms with Gasteiger partial charge in [0.25, 0.3) is 5.91 Å². The number of aromatic nitrogens is 1. The lowest BCUT2D eigenvalue weighted by atomic mass is 10.1. The molecular formula is C22H23N3O3.